The van der Waals surface area contributed by atoms with Crippen molar-refractivity contribution in [2.75, 3.05) is 5.32 Å². The average Bonchev–Trinajstić information content (AvgIpc) is 2.91. The maximum atomic E-state index is 12.6. The first-order valence-electron chi connectivity index (χ1n) is 6.58. The van der Waals surface area contributed by atoms with Crippen molar-refractivity contribution in [3.05, 3.63) is 22.0 Å². The molecule has 0 amide bonds. The minimum Gasteiger partial charge on any atom is -0.335 e. The van der Waals surface area contributed by atoms with E-state index >= 15 is 0 Å². The Kier molecular flexibility index (Phi) is 2.87. The van der Waals surface area contributed by atoms with Crippen molar-refractivity contribution >= 4 is 11.5 Å². The van der Waals surface area contributed by atoms with Crippen molar-refractivity contribution in [1.82, 2.24) is 25.2 Å². The zero-order valence-electron chi connectivity index (χ0n) is 12.0. The smallest absolute Gasteiger partial charge is 0.263 e. The number of rotatable bonds is 2. The fourth-order valence-electron chi connectivity index (χ4n) is 2.49. The molecule has 0 spiro atoms. The number of hydrogen-bond donors (Lipinski definition) is 3. The molecule has 9 heteroatoms. The van der Waals surface area contributed by atoms with E-state index in [9.17, 15) is 4.79 Å². The fourth-order valence-corrected chi connectivity index (χ4v) is 2.49. The summed E-state index contributed by atoms with van der Waals surface area (Å²) in [5, 5.41) is 16.7. The van der Waals surface area contributed by atoms with Crippen LogP contribution in [0.25, 0.3) is 11.4 Å². The molecule has 9 nitrogen and oxygen atoms in total. The van der Waals surface area contributed by atoms with E-state index in [1.165, 1.54) is 0 Å². The van der Waals surface area contributed by atoms with Gasteiger partial charge in [0.15, 0.2) is 5.79 Å². The lowest BCUT2D eigenvalue weighted by molar-refractivity contribution is 0.548. The molecule has 0 bridgehead atoms. The number of aromatic nitrogens is 5. The molecule has 3 heterocycles. The van der Waals surface area contributed by atoms with Gasteiger partial charge in [-0.15, -0.1) is 10.2 Å². The van der Waals surface area contributed by atoms with Crippen LogP contribution in [0, 0.1) is 0 Å². The number of aromatic amines is 1. The van der Waals surface area contributed by atoms with Gasteiger partial charge < -0.3 is 5.32 Å². The highest BCUT2D eigenvalue weighted by atomic mass is 16.1. The van der Waals surface area contributed by atoms with Crippen molar-refractivity contribution < 1.29 is 0 Å². The van der Waals surface area contributed by atoms with Crippen LogP contribution in [0.2, 0.25) is 0 Å². The number of nitrogens with zero attached hydrogens (tertiary/aromatic N) is 5. The molecule has 21 heavy (non-hydrogen) atoms. The van der Waals surface area contributed by atoms with E-state index in [1.54, 1.807) is 17.6 Å². The molecule has 0 fully saturated rings. The Morgan fingerprint density at radius 2 is 2.19 bits per heavy atom. The van der Waals surface area contributed by atoms with E-state index in [-0.39, 0.29) is 11.4 Å². The van der Waals surface area contributed by atoms with Gasteiger partial charge in [-0.1, -0.05) is 0 Å². The second-order valence-corrected chi connectivity index (χ2v) is 5.07. The molecule has 1 aliphatic rings. The van der Waals surface area contributed by atoms with Crippen molar-refractivity contribution in [3.63, 3.8) is 0 Å². The van der Waals surface area contributed by atoms with E-state index in [2.05, 4.69) is 30.9 Å². The Balaban J connectivity index is 2.31. The van der Waals surface area contributed by atoms with Crippen LogP contribution in [-0.2, 0) is 6.54 Å². The molecule has 0 saturated heterocycles. The Labute approximate surface area is 120 Å². The number of nitrogens with two attached hydrogens (primary N) is 1. The third kappa shape index (κ3) is 2.11. The van der Waals surface area contributed by atoms with Crippen LogP contribution < -0.4 is 16.6 Å². The molecular formula is C12H16N8O. The summed E-state index contributed by atoms with van der Waals surface area (Å²) in [7, 11) is 0. The molecule has 0 unspecified atom stereocenters. The second-order valence-electron chi connectivity index (χ2n) is 5.07. The van der Waals surface area contributed by atoms with Gasteiger partial charge in [-0.05, 0) is 32.1 Å². The van der Waals surface area contributed by atoms with Crippen molar-refractivity contribution in [2.24, 2.45) is 10.7 Å². The second kappa shape index (κ2) is 4.48. The van der Waals surface area contributed by atoms with Gasteiger partial charge in [0.1, 0.15) is 5.82 Å². The molecule has 3 rings (SSSR count). The van der Waals surface area contributed by atoms with Gasteiger partial charge in [0.2, 0.25) is 5.82 Å². The summed E-state index contributed by atoms with van der Waals surface area (Å²) in [6.07, 6.45) is 0. The highest BCUT2D eigenvalue weighted by Crippen LogP contribution is 2.26. The molecule has 110 valence electrons. The molecule has 4 N–H and O–H groups in total. The number of tetrazole rings is 1. The zero-order chi connectivity index (χ0) is 15.2. The molecule has 0 aromatic carbocycles. The van der Waals surface area contributed by atoms with Crippen LogP contribution >= 0.6 is 0 Å². The molecular weight excluding hydrogens is 272 g/mol. The standard InChI is InChI=1S/C12H16N8O/c1-4-20-10-7(6(2)14-12(3,13)15-10)5-8(11(20)21)9-16-18-19-17-9/h5,15H,4,13H2,1-3H3,(H,16,17,18,19)/t12-/m1/s1. The van der Waals surface area contributed by atoms with Gasteiger partial charge in [-0.2, -0.15) is 5.21 Å². The van der Waals surface area contributed by atoms with Crippen LogP contribution in [-0.4, -0.2) is 36.7 Å². The monoisotopic (exact) mass is 288 g/mol. The Bertz CT molecular complexity index is 771. The first kappa shape index (κ1) is 13.4. The van der Waals surface area contributed by atoms with Crippen molar-refractivity contribution in [1.29, 1.82) is 0 Å². The lowest BCUT2D eigenvalue weighted by atomic mass is 10.1. The van der Waals surface area contributed by atoms with Crippen LogP contribution in [0.5, 0.6) is 0 Å². The molecule has 0 saturated carbocycles. The Morgan fingerprint density at radius 3 is 2.81 bits per heavy atom. The number of H-pyrrole nitrogens is 1. The number of nitrogens with one attached hydrogen (secondary N) is 2. The minimum atomic E-state index is -0.936. The summed E-state index contributed by atoms with van der Waals surface area (Å²) < 4.78 is 1.60. The van der Waals surface area contributed by atoms with E-state index in [0.29, 0.717) is 17.9 Å². The summed E-state index contributed by atoms with van der Waals surface area (Å²) in [6, 6.07) is 1.72. The summed E-state index contributed by atoms with van der Waals surface area (Å²) in [6.45, 7) is 5.98. The largest absolute Gasteiger partial charge is 0.335 e. The van der Waals surface area contributed by atoms with Gasteiger partial charge >= 0.3 is 0 Å². The fraction of sp³-hybridized carbons (Fsp3) is 0.417. The Hall–Kier alpha value is -2.55. The van der Waals surface area contributed by atoms with E-state index < -0.39 is 5.79 Å². The predicted molar refractivity (Wildman–Crippen MR) is 78.0 cm³/mol. The summed E-state index contributed by atoms with van der Waals surface area (Å²) in [5.41, 5.74) is 7.77. The van der Waals surface area contributed by atoms with Gasteiger partial charge in [0.05, 0.1) is 5.56 Å². The minimum absolute atomic E-state index is 0.198. The highest BCUT2D eigenvalue weighted by Gasteiger charge is 2.28. The van der Waals surface area contributed by atoms with Crippen LogP contribution in [0.1, 0.15) is 26.3 Å². The van der Waals surface area contributed by atoms with Crippen molar-refractivity contribution in [2.45, 2.75) is 33.1 Å². The molecule has 1 atom stereocenters. The first-order valence-corrected chi connectivity index (χ1v) is 6.58. The highest BCUT2D eigenvalue weighted by molar-refractivity contribution is 6.05. The Morgan fingerprint density at radius 1 is 1.43 bits per heavy atom. The third-order valence-corrected chi connectivity index (χ3v) is 3.35. The predicted octanol–water partition coefficient (Wildman–Crippen LogP) is -0.0848. The van der Waals surface area contributed by atoms with Gasteiger partial charge in [-0.3, -0.25) is 15.1 Å². The topological polar surface area (TPSA) is 127 Å². The van der Waals surface area contributed by atoms with E-state index in [1.807, 2.05) is 13.8 Å². The van der Waals surface area contributed by atoms with Crippen LogP contribution in [0.3, 0.4) is 0 Å². The maximum absolute atomic E-state index is 12.6. The number of fused-ring (bicyclic) bond motifs is 1. The SMILES string of the molecule is CCn1c2c(cc(-c3nn[nH]n3)c1=O)C(C)=N[C@@](C)(N)N2. The normalized spacial score (nSPS) is 20.7. The number of pyridine rings is 1. The molecule has 2 aromatic rings. The first-order chi connectivity index (χ1) is 9.93. The summed E-state index contributed by atoms with van der Waals surface area (Å²) in [5.74, 6) is -0.0141. The molecule has 1 aliphatic heterocycles. The lowest BCUT2D eigenvalue weighted by Crippen LogP contribution is -2.48. The summed E-state index contributed by atoms with van der Waals surface area (Å²) in [4.78, 5) is 17.0. The van der Waals surface area contributed by atoms with E-state index in [0.717, 1.165) is 11.3 Å². The average molecular weight is 288 g/mol. The van der Waals surface area contributed by atoms with Gasteiger partial charge in [0.25, 0.3) is 5.56 Å². The third-order valence-electron chi connectivity index (χ3n) is 3.35. The quantitative estimate of drug-likeness (QED) is 0.709. The van der Waals surface area contributed by atoms with E-state index in [4.69, 9.17) is 5.73 Å². The number of anilines is 1. The lowest BCUT2D eigenvalue weighted by Gasteiger charge is -2.31. The zero-order valence-corrected chi connectivity index (χ0v) is 12.0. The molecule has 2 aromatic heterocycles. The van der Waals surface area contributed by atoms with Crippen LogP contribution in [0.4, 0.5) is 5.82 Å². The van der Waals surface area contributed by atoms with Crippen molar-refractivity contribution in [3.8, 4) is 11.4 Å². The van der Waals surface area contributed by atoms with Gasteiger partial charge in [-0.25, -0.2) is 4.99 Å². The molecule has 0 aliphatic carbocycles. The number of aliphatic imine (C=N–C) groups is 1. The molecule has 0 radical (unpaired) electrons. The number of hydrogen-bond acceptors (Lipinski definition) is 7. The summed E-state index contributed by atoms with van der Waals surface area (Å²) >= 11 is 0. The maximum Gasteiger partial charge on any atom is 0.263 e. The van der Waals surface area contributed by atoms with Crippen LogP contribution in [0.15, 0.2) is 15.9 Å². The van der Waals surface area contributed by atoms with Gasteiger partial charge in [0, 0.05) is 17.8 Å².